The number of anilines is 1. The Morgan fingerprint density at radius 3 is 2.47 bits per heavy atom. The van der Waals surface area contributed by atoms with Crippen molar-refractivity contribution in [3.63, 3.8) is 0 Å². The highest BCUT2D eigenvalue weighted by atomic mass is 14.7. The number of hydrogen-bond acceptors (Lipinski definition) is 2. The molecule has 0 bridgehead atoms. The molecule has 1 aromatic heterocycles. The molecule has 2 heteroatoms. The Balaban J connectivity index is 0.000000861. The molecule has 0 aliphatic carbocycles. The zero-order valence-electron chi connectivity index (χ0n) is 12.1. The van der Waals surface area contributed by atoms with Crippen LogP contribution < -0.4 is 5.73 Å². The van der Waals surface area contributed by atoms with Crippen molar-refractivity contribution in [1.29, 1.82) is 0 Å². The number of rotatable bonds is 2. The van der Waals surface area contributed by atoms with Gasteiger partial charge in [0.25, 0.3) is 0 Å². The monoisotopic (exact) mass is 254 g/mol. The molecule has 100 valence electrons. The van der Waals surface area contributed by atoms with Gasteiger partial charge in [-0.1, -0.05) is 44.2 Å². The molecule has 1 heterocycles. The Morgan fingerprint density at radius 2 is 1.84 bits per heavy atom. The topological polar surface area (TPSA) is 38.9 Å². The Labute approximate surface area is 116 Å². The zero-order valence-corrected chi connectivity index (χ0v) is 12.1. The first kappa shape index (κ1) is 15.0. The number of para-hydroxylation sites is 1. The number of nitrogen functional groups attached to an aromatic ring is 1. The molecule has 0 aliphatic rings. The standard InChI is InChI=1S/C15H16N2.C2H6/c1-3-6-12-9-13(10-17-11(12)2)14-7-4-5-8-15(14)16;1-2/h3-10H,16H2,1-2H3;1-2H3/b6-3-;. The van der Waals surface area contributed by atoms with Crippen LogP contribution in [-0.4, -0.2) is 4.98 Å². The molecule has 2 N–H and O–H groups in total. The second kappa shape index (κ2) is 7.37. The molecule has 0 saturated heterocycles. The van der Waals surface area contributed by atoms with Gasteiger partial charge in [0.05, 0.1) is 0 Å². The van der Waals surface area contributed by atoms with E-state index >= 15 is 0 Å². The molecule has 0 saturated carbocycles. The van der Waals surface area contributed by atoms with Gasteiger partial charge in [-0.05, 0) is 31.5 Å². The molecule has 1 aromatic carbocycles. The van der Waals surface area contributed by atoms with Crippen LogP contribution in [0.25, 0.3) is 17.2 Å². The van der Waals surface area contributed by atoms with Crippen LogP contribution in [0.4, 0.5) is 5.69 Å². The van der Waals surface area contributed by atoms with E-state index in [4.69, 9.17) is 5.73 Å². The maximum atomic E-state index is 5.97. The lowest BCUT2D eigenvalue weighted by atomic mass is 10.0. The van der Waals surface area contributed by atoms with Crippen molar-refractivity contribution in [2.75, 3.05) is 5.73 Å². The molecule has 19 heavy (non-hydrogen) atoms. The second-order valence-electron chi connectivity index (χ2n) is 3.99. The fourth-order valence-electron chi connectivity index (χ4n) is 1.81. The van der Waals surface area contributed by atoms with E-state index in [1.807, 2.05) is 64.2 Å². The summed E-state index contributed by atoms with van der Waals surface area (Å²) in [6.45, 7) is 8.01. The van der Waals surface area contributed by atoms with Crippen LogP contribution in [0.2, 0.25) is 0 Å². The third-order valence-corrected chi connectivity index (χ3v) is 2.74. The van der Waals surface area contributed by atoms with E-state index in [0.717, 1.165) is 28.1 Å². The van der Waals surface area contributed by atoms with Gasteiger partial charge in [0.1, 0.15) is 0 Å². The Morgan fingerprint density at radius 1 is 1.16 bits per heavy atom. The number of aryl methyl sites for hydroxylation is 1. The first-order valence-electron chi connectivity index (χ1n) is 6.66. The number of allylic oxidation sites excluding steroid dienone is 1. The molecular weight excluding hydrogens is 232 g/mol. The predicted octanol–water partition coefficient (Wildman–Crippen LogP) is 4.70. The van der Waals surface area contributed by atoms with Crippen LogP contribution >= 0.6 is 0 Å². The molecule has 2 nitrogen and oxygen atoms in total. The minimum atomic E-state index is 0.782. The van der Waals surface area contributed by atoms with E-state index < -0.39 is 0 Å². The van der Waals surface area contributed by atoms with Crippen molar-refractivity contribution in [1.82, 2.24) is 4.98 Å². The van der Waals surface area contributed by atoms with Crippen molar-refractivity contribution in [3.05, 3.63) is 53.9 Å². The number of hydrogen-bond donors (Lipinski definition) is 1. The van der Waals surface area contributed by atoms with Crippen LogP contribution in [-0.2, 0) is 0 Å². The summed E-state index contributed by atoms with van der Waals surface area (Å²) >= 11 is 0. The van der Waals surface area contributed by atoms with Gasteiger partial charge in [0.2, 0.25) is 0 Å². The zero-order chi connectivity index (χ0) is 14.3. The lowest BCUT2D eigenvalue weighted by Crippen LogP contribution is -1.92. The quantitative estimate of drug-likeness (QED) is 0.789. The van der Waals surface area contributed by atoms with Crippen molar-refractivity contribution >= 4 is 11.8 Å². The van der Waals surface area contributed by atoms with E-state index in [1.54, 1.807) is 0 Å². The minimum Gasteiger partial charge on any atom is -0.398 e. The van der Waals surface area contributed by atoms with Crippen LogP contribution in [0.5, 0.6) is 0 Å². The average Bonchev–Trinajstić information content (AvgIpc) is 2.44. The van der Waals surface area contributed by atoms with Crippen LogP contribution in [0.1, 0.15) is 32.0 Å². The number of benzene rings is 1. The number of pyridine rings is 1. The average molecular weight is 254 g/mol. The van der Waals surface area contributed by atoms with Gasteiger partial charge in [0, 0.05) is 28.7 Å². The molecule has 0 unspecified atom stereocenters. The summed E-state index contributed by atoms with van der Waals surface area (Å²) in [7, 11) is 0. The van der Waals surface area contributed by atoms with Crippen molar-refractivity contribution in [3.8, 4) is 11.1 Å². The van der Waals surface area contributed by atoms with Crippen molar-refractivity contribution < 1.29 is 0 Å². The molecule has 0 fully saturated rings. The van der Waals surface area contributed by atoms with Gasteiger partial charge >= 0.3 is 0 Å². The molecule has 0 radical (unpaired) electrons. The summed E-state index contributed by atoms with van der Waals surface area (Å²) in [6.07, 6.45) is 5.95. The number of nitrogens with zero attached hydrogens (tertiary/aromatic N) is 1. The summed E-state index contributed by atoms with van der Waals surface area (Å²) in [5.74, 6) is 0. The predicted molar refractivity (Wildman–Crippen MR) is 84.9 cm³/mol. The van der Waals surface area contributed by atoms with Gasteiger partial charge in [-0.15, -0.1) is 0 Å². The molecule has 2 aromatic rings. The van der Waals surface area contributed by atoms with Gasteiger partial charge in [-0.3, -0.25) is 4.98 Å². The number of aromatic nitrogens is 1. The van der Waals surface area contributed by atoms with Crippen LogP contribution in [0.15, 0.2) is 42.6 Å². The van der Waals surface area contributed by atoms with Crippen molar-refractivity contribution in [2.45, 2.75) is 27.7 Å². The fourth-order valence-corrected chi connectivity index (χ4v) is 1.81. The Hall–Kier alpha value is -2.09. The highest BCUT2D eigenvalue weighted by molar-refractivity contribution is 5.77. The van der Waals surface area contributed by atoms with Gasteiger partial charge < -0.3 is 5.73 Å². The summed E-state index contributed by atoms with van der Waals surface area (Å²) < 4.78 is 0. The minimum absolute atomic E-state index is 0.782. The van der Waals surface area contributed by atoms with Gasteiger partial charge in [0.15, 0.2) is 0 Å². The highest BCUT2D eigenvalue weighted by Gasteiger charge is 2.04. The largest absolute Gasteiger partial charge is 0.398 e. The molecule has 0 atom stereocenters. The molecule has 2 rings (SSSR count). The Kier molecular flexibility index (Phi) is 5.80. The van der Waals surface area contributed by atoms with Crippen molar-refractivity contribution in [2.24, 2.45) is 0 Å². The first-order chi connectivity index (χ1) is 9.22. The maximum absolute atomic E-state index is 5.97. The normalized spacial score (nSPS) is 10.1. The lowest BCUT2D eigenvalue weighted by molar-refractivity contribution is 1.19. The summed E-state index contributed by atoms with van der Waals surface area (Å²) in [5, 5.41) is 0. The van der Waals surface area contributed by atoms with Gasteiger partial charge in [-0.2, -0.15) is 0 Å². The third-order valence-electron chi connectivity index (χ3n) is 2.74. The van der Waals surface area contributed by atoms with E-state index in [2.05, 4.69) is 17.1 Å². The number of nitrogens with two attached hydrogens (primary N) is 1. The van der Waals surface area contributed by atoms with E-state index in [1.165, 1.54) is 0 Å². The Bertz CT molecular complexity index is 557. The second-order valence-corrected chi connectivity index (χ2v) is 3.99. The van der Waals surface area contributed by atoms with E-state index in [9.17, 15) is 0 Å². The van der Waals surface area contributed by atoms with E-state index in [0.29, 0.717) is 0 Å². The molecule has 0 aliphatic heterocycles. The molecule has 0 amide bonds. The maximum Gasteiger partial charge on any atom is 0.0445 e. The molecular formula is C17H22N2. The smallest absolute Gasteiger partial charge is 0.0445 e. The highest BCUT2D eigenvalue weighted by Crippen LogP contribution is 2.26. The SMILES string of the molecule is C/C=C\c1cc(-c2ccccc2N)cnc1C.CC. The first-order valence-corrected chi connectivity index (χ1v) is 6.66. The third kappa shape index (κ3) is 3.68. The van der Waals surface area contributed by atoms with Crippen LogP contribution in [0.3, 0.4) is 0 Å². The van der Waals surface area contributed by atoms with Gasteiger partial charge in [-0.25, -0.2) is 0 Å². The summed E-state index contributed by atoms with van der Waals surface area (Å²) in [5.41, 5.74) is 11.0. The van der Waals surface area contributed by atoms with Crippen LogP contribution in [0, 0.1) is 6.92 Å². The molecule has 0 spiro atoms. The summed E-state index contributed by atoms with van der Waals surface area (Å²) in [4.78, 5) is 4.41. The fraction of sp³-hybridized carbons (Fsp3) is 0.235. The van der Waals surface area contributed by atoms with E-state index in [-0.39, 0.29) is 0 Å². The lowest BCUT2D eigenvalue weighted by Gasteiger charge is -2.07. The summed E-state index contributed by atoms with van der Waals surface area (Å²) in [6, 6.07) is 9.97.